The van der Waals surface area contributed by atoms with Crippen molar-refractivity contribution < 1.29 is 0 Å². The molecule has 160 valence electrons. The Labute approximate surface area is 180 Å². The Bertz CT molecular complexity index is 933. The number of aromatic nitrogens is 3. The van der Waals surface area contributed by atoms with Gasteiger partial charge in [-0.25, -0.2) is 4.52 Å². The molecule has 0 aromatic carbocycles. The van der Waals surface area contributed by atoms with Crippen molar-refractivity contribution in [3.8, 4) is 0 Å². The zero-order chi connectivity index (χ0) is 20.8. The highest BCUT2D eigenvalue weighted by Crippen LogP contribution is 2.22. The molecule has 4 rings (SSSR count). The van der Waals surface area contributed by atoms with Crippen molar-refractivity contribution in [2.24, 2.45) is 0 Å². The fraction of sp³-hybridized carbons (Fsp3) is 0.520. The van der Waals surface area contributed by atoms with Crippen LogP contribution in [0.15, 0.2) is 42.9 Å². The lowest BCUT2D eigenvalue weighted by Gasteiger charge is -2.33. The number of pyridine rings is 2. The van der Waals surface area contributed by atoms with Gasteiger partial charge in [-0.3, -0.25) is 4.98 Å². The van der Waals surface area contributed by atoms with Crippen LogP contribution in [0.4, 0.5) is 5.82 Å². The van der Waals surface area contributed by atoms with Crippen LogP contribution in [0.5, 0.6) is 0 Å². The van der Waals surface area contributed by atoms with Gasteiger partial charge in [0.25, 0.3) is 0 Å². The third-order valence-corrected chi connectivity index (χ3v) is 6.44. The van der Waals surface area contributed by atoms with Crippen LogP contribution in [0, 0.1) is 0 Å². The summed E-state index contributed by atoms with van der Waals surface area (Å²) in [5.74, 6) is 1.07. The number of aryl methyl sites for hydroxylation is 2. The zero-order valence-electron chi connectivity index (χ0n) is 18.5. The lowest BCUT2D eigenvalue weighted by Crippen LogP contribution is -2.38. The van der Waals surface area contributed by atoms with E-state index in [9.17, 15) is 0 Å². The predicted molar refractivity (Wildman–Crippen MR) is 124 cm³/mol. The molecule has 1 aliphatic rings. The van der Waals surface area contributed by atoms with Gasteiger partial charge in [0.15, 0.2) is 0 Å². The molecule has 0 aliphatic carbocycles. The molecule has 1 fully saturated rings. The molecule has 3 aromatic heterocycles. The zero-order valence-corrected chi connectivity index (χ0v) is 18.5. The maximum Gasteiger partial charge on any atom is 0.128 e. The number of rotatable bonds is 9. The first-order valence-electron chi connectivity index (χ1n) is 11.6. The summed E-state index contributed by atoms with van der Waals surface area (Å²) < 4.78 is 2.05. The molecular weight excluding hydrogens is 370 g/mol. The maximum atomic E-state index is 4.64. The Kier molecular flexibility index (Phi) is 7.00. The smallest absolute Gasteiger partial charge is 0.128 e. The largest absolute Gasteiger partial charge is 0.366 e. The van der Waals surface area contributed by atoms with Gasteiger partial charge in [0.05, 0.1) is 11.7 Å². The van der Waals surface area contributed by atoms with Crippen molar-refractivity contribution >= 4 is 11.3 Å². The molecule has 1 aliphatic heterocycles. The van der Waals surface area contributed by atoms with Gasteiger partial charge in [-0.05, 0) is 93.4 Å². The summed E-state index contributed by atoms with van der Waals surface area (Å²) in [6, 6.07) is 9.46. The first-order valence-corrected chi connectivity index (χ1v) is 11.6. The number of hydrogen-bond acceptors (Lipinski definition) is 4. The van der Waals surface area contributed by atoms with Crippen molar-refractivity contribution in [1.29, 1.82) is 0 Å². The standard InChI is InChI=1S/C25H35N5/c1-3-23-19-28-30-24(23)15-21(10-5-7-14-29-13-6-4-9-20(29)2)16-25(30)27-18-22-11-8-12-26-17-22/h8,11-12,15-17,19-20,27H,3-7,9-10,13-14,18H2,1-2H3. The van der Waals surface area contributed by atoms with Crippen LogP contribution in [0.3, 0.4) is 0 Å². The van der Waals surface area contributed by atoms with Gasteiger partial charge in [0.1, 0.15) is 5.82 Å². The topological polar surface area (TPSA) is 45.5 Å². The van der Waals surface area contributed by atoms with Gasteiger partial charge in [-0.1, -0.05) is 19.4 Å². The molecule has 30 heavy (non-hydrogen) atoms. The molecule has 3 aromatic rings. The first kappa shape index (κ1) is 20.9. The summed E-state index contributed by atoms with van der Waals surface area (Å²) in [7, 11) is 0. The summed E-state index contributed by atoms with van der Waals surface area (Å²) in [5, 5.41) is 8.22. The average Bonchev–Trinajstić information content (AvgIpc) is 3.20. The highest BCUT2D eigenvalue weighted by molar-refractivity contribution is 5.61. The fourth-order valence-electron chi connectivity index (χ4n) is 4.56. The number of unbranched alkanes of at least 4 members (excludes halogenated alkanes) is 1. The SMILES string of the molecule is CCc1cnn2c(NCc3cccnc3)cc(CCCCN3CCCCC3C)cc12. The van der Waals surface area contributed by atoms with Crippen LogP contribution in [0.2, 0.25) is 0 Å². The molecule has 1 N–H and O–H groups in total. The van der Waals surface area contributed by atoms with E-state index < -0.39 is 0 Å². The summed E-state index contributed by atoms with van der Waals surface area (Å²) in [6.07, 6.45) is 14.5. The molecule has 0 bridgehead atoms. The molecule has 4 heterocycles. The normalized spacial score (nSPS) is 17.5. The summed E-state index contributed by atoms with van der Waals surface area (Å²) in [5.41, 5.74) is 5.12. The van der Waals surface area contributed by atoms with E-state index in [1.807, 2.05) is 29.2 Å². The molecule has 5 heteroatoms. The molecule has 5 nitrogen and oxygen atoms in total. The Morgan fingerprint density at radius 3 is 2.87 bits per heavy atom. The molecule has 0 amide bonds. The Morgan fingerprint density at radius 2 is 2.07 bits per heavy atom. The van der Waals surface area contributed by atoms with E-state index in [4.69, 9.17) is 0 Å². The number of nitrogens with zero attached hydrogens (tertiary/aromatic N) is 4. The van der Waals surface area contributed by atoms with Crippen LogP contribution in [0.25, 0.3) is 5.52 Å². The van der Waals surface area contributed by atoms with Crippen LogP contribution < -0.4 is 5.32 Å². The van der Waals surface area contributed by atoms with E-state index in [0.717, 1.165) is 31.2 Å². The van der Waals surface area contributed by atoms with E-state index in [1.165, 1.54) is 67.4 Å². The van der Waals surface area contributed by atoms with Gasteiger partial charge < -0.3 is 10.2 Å². The second-order valence-electron chi connectivity index (χ2n) is 8.62. The number of hydrogen-bond donors (Lipinski definition) is 1. The molecule has 1 atom stereocenters. The van der Waals surface area contributed by atoms with Gasteiger partial charge in [0.2, 0.25) is 0 Å². The Balaban J connectivity index is 1.43. The fourth-order valence-corrected chi connectivity index (χ4v) is 4.56. The third kappa shape index (κ3) is 5.01. The minimum atomic E-state index is 0.751. The predicted octanol–water partition coefficient (Wildman–Crippen LogP) is 5.10. The molecule has 0 radical (unpaired) electrons. The summed E-state index contributed by atoms with van der Waals surface area (Å²) in [6.45, 7) is 7.86. The Morgan fingerprint density at radius 1 is 1.13 bits per heavy atom. The van der Waals surface area contributed by atoms with Crippen molar-refractivity contribution in [3.05, 3.63) is 59.5 Å². The average molecular weight is 406 g/mol. The van der Waals surface area contributed by atoms with Gasteiger partial charge in [-0.2, -0.15) is 5.10 Å². The van der Waals surface area contributed by atoms with E-state index >= 15 is 0 Å². The highest BCUT2D eigenvalue weighted by atomic mass is 15.3. The van der Waals surface area contributed by atoms with Crippen LogP contribution in [-0.2, 0) is 19.4 Å². The van der Waals surface area contributed by atoms with Crippen molar-refractivity contribution in [1.82, 2.24) is 19.5 Å². The van der Waals surface area contributed by atoms with E-state index in [-0.39, 0.29) is 0 Å². The Hall–Kier alpha value is -2.40. The summed E-state index contributed by atoms with van der Waals surface area (Å²) >= 11 is 0. The highest BCUT2D eigenvalue weighted by Gasteiger charge is 2.17. The molecule has 1 unspecified atom stereocenters. The molecule has 0 spiro atoms. The third-order valence-electron chi connectivity index (χ3n) is 6.44. The van der Waals surface area contributed by atoms with Crippen molar-refractivity contribution in [2.75, 3.05) is 18.4 Å². The molecule has 1 saturated heterocycles. The van der Waals surface area contributed by atoms with E-state index in [2.05, 4.69) is 52.3 Å². The van der Waals surface area contributed by atoms with Gasteiger partial charge in [-0.15, -0.1) is 0 Å². The van der Waals surface area contributed by atoms with Gasteiger partial charge >= 0.3 is 0 Å². The number of piperidine rings is 1. The van der Waals surface area contributed by atoms with Crippen LogP contribution >= 0.6 is 0 Å². The van der Waals surface area contributed by atoms with E-state index in [1.54, 1.807) is 0 Å². The molecular formula is C25H35N5. The van der Waals surface area contributed by atoms with Crippen molar-refractivity contribution in [2.45, 2.75) is 71.4 Å². The second kappa shape index (κ2) is 10.1. The first-order chi connectivity index (χ1) is 14.7. The van der Waals surface area contributed by atoms with E-state index in [0.29, 0.717) is 0 Å². The van der Waals surface area contributed by atoms with Gasteiger partial charge in [0, 0.05) is 25.0 Å². The summed E-state index contributed by atoms with van der Waals surface area (Å²) in [4.78, 5) is 6.90. The van der Waals surface area contributed by atoms with Crippen LogP contribution in [-0.4, -0.2) is 38.6 Å². The second-order valence-corrected chi connectivity index (χ2v) is 8.62. The maximum absolute atomic E-state index is 4.64. The van der Waals surface area contributed by atoms with Crippen molar-refractivity contribution in [3.63, 3.8) is 0 Å². The monoisotopic (exact) mass is 405 g/mol. The minimum absolute atomic E-state index is 0.751. The number of fused-ring (bicyclic) bond motifs is 1. The number of nitrogens with one attached hydrogen (secondary N) is 1. The lowest BCUT2D eigenvalue weighted by atomic mass is 10.0. The number of anilines is 1. The number of likely N-dealkylation sites (tertiary alicyclic amines) is 1. The van der Waals surface area contributed by atoms with Crippen LogP contribution in [0.1, 0.15) is 62.6 Å². The quantitative estimate of drug-likeness (QED) is 0.503. The lowest BCUT2D eigenvalue weighted by molar-refractivity contribution is 0.158. The molecule has 0 saturated carbocycles. The minimum Gasteiger partial charge on any atom is -0.366 e.